The van der Waals surface area contributed by atoms with Crippen LogP contribution < -0.4 is 0 Å². The number of hydrogen-bond acceptors (Lipinski definition) is 3. The lowest BCUT2D eigenvalue weighted by Crippen LogP contribution is -2.41. The van der Waals surface area contributed by atoms with Gasteiger partial charge in [0.15, 0.2) is 11.8 Å². The van der Waals surface area contributed by atoms with Crippen LogP contribution in [0.25, 0.3) is 5.69 Å². The monoisotopic (exact) mass is 313 g/mol. The number of carbonyl (C=O) groups is 1. The van der Waals surface area contributed by atoms with Gasteiger partial charge in [-0.05, 0) is 18.2 Å². The summed E-state index contributed by atoms with van der Waals surface area (Å²) in [7, 11) is 1.18. The van der Waals surface area contributed by atoms with Gasteiger partial charge in [0.2, 0.25) is 0 Å². The molecule has 0 saturated carbocycles. The standard InChI is InChI=1S/C14H14F3N3O2/c1-19(9-12(21)14(15,16)17)13(22)11-7-8-20(18-11)10-5-3-2-4-6-10/h2-8,12,21H,9H2,1H3. The summed E-state index contributed by atoms with van der Waals surface area (Å²) in [6, 6.07) is 10.4. The van der Waals surface area contributed by atoms with E-state index in [4.69, 9.17) is 5.11 Å². The first-order chi connectivity index (χ1) is 10.3. The molecule has 0 bridgehead atoms. The van der Waals surface area contributed by atoms with E-state index in [-0.39, 0.29) is 5.69 Å². The van der Waals surface area contributed by atoms with Crippen molar-refractivity contribution >= 4 is 5.91 Å². The number of alkyl halides is 3. The minimum Gasteiger partial charge on any atom is -0.382 e. The number of nitrogens with zero attached hydrogens (tertiary/aromatic N) is 3. The van der Waals surface area contributed by atoms with E-state index < -0.39 is 24.7 Å². The van der Waals surface area contributed by atoms with Gasteiger partial charge in [-0.1, -0.05) is 18.2 Å². The third-order valence-electron chi connectivity index (χ3n) is 3.00. The van der Waals surface area contributed by atoms with Gasteiger partial charge in [-0.2, -0.15) is 18.3 Å². The average Bonchev–Trinajstić information content (AvgIpc) is 2.96. The Bertz CT molecular complexity index is 640. The Morgan fingerprint density at radius 1 is 1.32 bits per heavy atom. The number of aliphatic hydroxyl groups excluding tert-OH is 1. The summed E-state index contributed by atoms with van der Waals surface area (Å²) in [6.07, 6.45) is -5.81. The molecule has 1 N–H and O–H groups in total. The first-order valence-electron chi connectivity index (χ1n) is 6.40. The Kier molecular flexibility index (Phi) is 4.51. The molecular weight excluding hydrogens is 299 g/mol. The molecule has 1 unspecified atom stereocenters. The quantitative estimate of drug-likeness (QED) is 0.937. The van der Waals surface area contributed by atoms with Crippen molar-refractivity contribution in [2.24, 2.45) is 0 Å². The summed E-state index contributed by atoms with van der Waals surface area (Å²) in [6.45, 7) is -0.847. The van der Waals surface area contributed by atoms with Crippen molar-refractivity contribution in [1.82, 2.24) is 14.7 Å². The number of rotatable bonds is 4. The van der Waals surface area contributed by atoms with E-state index in [2.05, 4.69) is 5.10 Å². The van der Waals surface area contributed by atoms with Crippen molar-refractivity contribution < 1.29 is 23.1 Å². The first-order valence-corrected chi connectivity index (χ1v) is 6.40. The van der Waals surface area contributed by atoms with Crippen LogP contribution in [-0.4, -0.2) is 51.6 Å². The molecule has 118 valence electrons. The molecule has 0 saturated heterocycles. The van der Waals surface area contributed by atoms with Crippen LogP contribution in [0, 0.1) is 0 Å². The Morgan fingerprint density at radius 2 is 1.95 bits per heavy atom. The zero-order valence-corrected chi connectivity index (χ0v) is 11.7. The van der Waals surface area contributed by atoms with Gasteiger partial charge in [0.05, 0.1) is 12.2 Å². The number of carbonyl (C=O) groups excluding carboxylic acids is 1. The van der Waals surface area contributed by atoms with Gasteiger partial charge in [0.25, 0.3) is 5.91 Å². The molecule has 0 fully saturated rings. The predicted molar refractivity (Wildman–Crippen MR) is 72.6 cm³/mol. The summed E-state index contributed by atoms with van der Waals surface area (Å²) < 4.78 is 38.3. The van der Waals surface area contributed by atoms with Crippen LogP contribution in [0.15, 0.2) is 42.6 Å². The van der Waals surface area contributed by atoms with Crippen LogP contribution in [0.4, 0.5) is 13.2 Å². The summed E-state index contributed by atoms with van der Waals surface area (Å²) in [5, 5.41) is 13.0. The number of hydrogen-bond donors (Lipinski definition) is 1. The highest BCUT2D eigenvalue weighted by atomic mass is 19.4. The van der Waals surface area contributed by atoms with E-state index in [0.717, 1.165) is 10.6 Å². The maximum atomic E-state index is 12.3. The van der Waals surface area contributed by atoms with E-state index in [1.54, 1.807) is 24.3 Å². The third-order valence-corrected chi connectivity index (χ3v) is 3.00. The second kappa shape index (κ2) is 6.18. The van der Waals surface area contributed by atoms with E-state index in [1.807, 2.05) is 6.07 Å². The number of para-hydroxylation sites is 1. The largest absolute Gasteiger partial charge is 0.416 e. The molecule has 0 aliphatic carbocycles. The van der Waals surface area contributed by atoms with Crippen LogP contribution in [0.5, 0.6) is 0 Å². The molecule has 0 spiro atoms. The summed E-state index contributed by atoms with van der Waals surface area (Å²) in [4.78, 5) is 12.8. The Labute approximate surface area is 124 Å². The minimum absolute atomic E-state index is 0.000674. The SMILES string of the molecule is CN(CC(O)C(F)(F)F)C(=O)c1ccn(-c2ccccc2)n1. The summed E-state index contributed by atoms with van der Waals surface area (Å²) in [5.74, 6) is -0.696. The normalized spacial score (nSPS) is 13.0. The lowest BCUT2D eigenvalue weighted by molar-refractivity contribution is -0.205. The number of benzene rings is 1. The molecule has 1 aromatic heterocycles. The molecule has 5 nitrogen and oxygen atoms in total. The molecular formula is C14H14F3N3O2. The van der Waals surface area contributed by atoms with Gasteiger partial charge in [-0.15, -0.1) is 0 Å². The second-order valence-corrected chi connectivity index (χ2v) is 4.72. The molecule has 0 aliphatic rings. The van der Waals surface area contributed by atoms with Crippen molar-refractivity contribution in [2.75, 3.05) is 13.6 Å². The molecule has 1 atom stereocenters. The fourth-order valence-corrected chi connectivity index (χ4v) is 1.80. The average molecular weight is 313 g/mol. The lowest BCUT2D eigenvalue weighted by atomic mass is 10.3. The lowest BCUT2D eigenvalue weighted by Gasteiger charge is -2.21. The van der Waals surface area contributed by atoms with Crippen molar-refractivity contribution in [2.45, 2.75) is 12.3 Å². The van der Waals surface area contributed by atoms with Crippen molar-refractivity contribution in [3.63, 3.8) is 0 Å². The van der Waals surface area contributed by atoms with E-state index in [1.165, 1.54) is 24.0 Å². The minimum atomic E-state index is -4.77. The van der Waals surface area contributed by atoms with E-state index in [9.17, 15) is 18.0 Å². The Balaban J connectivity index is 2.09. The maximum Gasteiger partial charge on any atom is 0.416 e. The number of halogens is 3. The maximum absolute atomic E-state index is 12.3. The molecule has 1 heterocycles. The number of aromatic nitrogens is 2. The van der Waals surface area contributed by atoms with E-state index >= 15 is 0 Å². The zero-order valence-electron chi connectivity index (χ0n) is 11.7. The number of amides is 1. The Morgan fingerprint density at radius 3 is 2.55 bits per heavy atom. The molecule has 2 aromatic rings. The number of aliphatic hydroxyl groups is 1. The molecule has 1 amide bonds. The van der Waals surface area contributed by atoms with Crippen LogP contribution in [-0.2, 0) is 0 Å². The fraction of sp³-hybridized carbons (Fsp3) is 0.286. The third kappa shape index (κ3) is 3.64. The van der Waals surface area contributed by atoms with Gasteiger partial charge >= 0.3 is 6.18 Å². The number of likely N-dealkylation sites (N-methyl/N-ethyl adjacent to an activating group) is 1. The highest BCUT2D eigenvalue weighted by Crippen LogP contribution is 2.20. The first kappa shape index (κ1) is 16.0. The van der Waals surface area contributed by atoms with Gasteiger partial charge in [-0.3, -0.25) is 4.79 Å². The van der Waals surface area contributed by atoms with Crippen LogP contribution in [0.2, 0.25) is 0 Å². The molecule has 22 heavy (non-hydrogen) atoms. The summed E-state index contributed by atoms with van der Waals surface area (Å²) in [5.41, 5.74) is 0.722. The predicted octanol–water partition coefficient (Wildman–Crippen LogP) is 1.87. The zero-order chi connectivity index (χ0) is 16.3. The molecule has 1 aromatic carbocycles. The van der Waals surface area contributed by atoms with E-state index in [0.29, 0.717) is 0 Å². The second-order valence-electron chi connectivity index (χ2n) is 4.72. The molecule has 8 heteroatoms. The smallest absolute Gasteiger partial charge is 0.382 e. The molecule has 2 rings (SSSR count). The van der Waals surface area contributed by atoms with Gasteiger partial charge in [-0.25, -0.2) is 4.68 Å². The van der Waals surface area contributed by atoms with Crippen molar-refractivity contribution in [3.05, 3.63) is 48.3 Å². The van der Waals surface area contributed by atoms with Gasteiger partial charge < -0.3 is 10.0 Å². The Hall–Kier alpha value is -2.35. The van der Waals surface area contributed by atoms with Crippen LogP contribution >= 0.6 is 0 Å². The summed E-state index contributed by atoms with van der Waals surface area (Å²) >= 11 is 0. The highest BCUT2D eigenvalue weighted by Gasteiger charge is 2.39. The van der Waals surface area contributed by atoms with Gasteiger partial charge in [0, 0.05) is 13.2 Å². The fourth-order valence-electron chi connectivity index (χ4n) is 1.80. The molecule has 0 aliphatic heterocycles. The molecule has 0 radical (unpaired) electrons. The van der Waals surface area contributed by atoms with Crippen LogP contribution in [0.3, 0.4) is 0 Å². The highest BCUT2D eigenvalue weighted by molar-refractivity contribution is 5.92. The van der Waals surface area contributed by atoms with Crippen molar-refractivity contribution in [1.29, 1.82) is 0 Å². The van der Waals surface area contributed by atoms with Gasteiger partial charge in [0.1, 0.15) is 0 Å². The van der Waals surface area contributed by atoms with Crippen LogP contribution in [0.1, 0.15) is 10.5 Å². The van der Waals surface area contributed by atoms with Crippen molar-refractivity contribution in [3.8, 4) is 5.69 Å². The topological polar surface area (TPSA) is 58.4 Å².